The number of aliphatic hydroxyl groups excluding tert-OH is 1. The van der Waals surface area contributed by atoms with Crippen molar-refractivity contribution in [2.45, 2.75) is 13.0 Å². The lowest BCUT2D eigenvalue weighted by molar-refractivity contribution is -0.302. The molecule has 0 aliphatic carbocycles. The van der Waals surface area contributed by atoms with E-state index in [2.05, 4.69) is 6.58 Å². The third-order valence-corrected chi connectivity index (χ3v) is 2.25. The Hall–Kier alpha value is -2.21. The maximum Gasteiger partial charge on any atom is 0.203 e. The average molecular weight is 283 g/mol. The molecule has 1 aromatic rings. The second-order valence-corrected chi connectivity index (χ2v) is 3.63. The summed E-state index contributed by atoms with van der Waals surface area (Å²) in [5.74, 6) is 0.445. The summed E-state index contributed by atoms with van der Waals surface area (Å²) >= 11 is 0. The van der Waals surface area contributed by atoms with Crippen molar-refractivity contribution in [2.24, 2.45) is 0 Å². The van der Waals surface area contributed by atoms with Crippen molar-refractivity contribution in [2.75, 3.05) is 21.3 Å². The topological polar surface area (TPSA) is 88.1 Å². The van der Waals surface area contributed by atoms with Crippen molar-refractivity contribution < 1.29 is 29.2 Å². The first-order valence-corrected chi connectivity index (χ1v) is 5.69. The Morgan fingerprint density at radius 1 is 1.25 bits per heavy atom. The van der Waals surface area contributed by atoms with Crippen LogP contribution in [0.1, 0.15) is 18.6 Å². The quantitative estimate of drug-likeness (QED) is 0.800. The van der Waals surface area contributed by atoms with Gasteiger partial charge in [-0.3, -0.25) is 0 Å². The summed E-state index contributed by atoms with van der Waals surface area (Å²) in [6.07, 6.45) is 0.675. The van der Waals surface area contributed by atoms with E-state index in [0.29, 0.717) is 22.8 Å². The zero-order valence-electron chi connectivity index (χ0n) is 12.0. The van der Waals surface area contributed by atoms with Gasteiger partial charge in [0.15, 0.2) is 11.5 Å². The van der Waals surface area contributed by atoms with Crippen molar-refractivity contribution >= 4 is 5.97 Å². The molecule has 0 radical (unpaired) electrons. The van der Waals surface area contributed by atoms with E-state index in [4.69, 9.17) is 24.1 Å². The van der Waals surface area contributed by atoms with Gasteiger partial charge >= 0.3 is 0 Å². The molecule has 1 aromatic carbocycles. The van der Waals surface area contributed by atoms with Crippen LogP contribution in [0.5, 0.6) is 17.2 Å². The summed E-state index contributed by atoms with van der Waals surface area (Å²) < 4.78 is 15.5. The molecule has 1 N–H and O–H groups in total. The number of carboxylic acids is 1. The van der Waals surface area contributed by atoms with Gasteiger partial charge in [-0.05, 0) is 24.6 Å². The van der Waals surface area contributed by atoms with E-state index in [1.165, 1.54) is 27.4 Å². The largest absolute Gasteiger partial charge is 0.550 e. The lowest BCUT2D eigenvalue weighted by Crippen LogP contribution is -2.16. The Morgan fingerprint density at radius 2 is 1.65 bits per heavy atom. The molecule has 0 saturated carbocycles. The fourth-order valence-corrected chi connectivity index (χ4v) is 1.41. The van der Waals surface area contributed by atoms with Gasteiger partial charge < -0.3 is 29.2 Å². The molecule has 20 heavy (non-hydrogen) atoms. The first-order valence-electron chi connectivity index (χ1n) is 5.69. The Morgan fingerprint density at radius 3 is 1.90 bits per heavy atom. The summed E-state index contributed by atoms with van der Waals surface area (Å²) in [6, 6.07) is 3.38. The third-order valence-electron chi connectivity index (χ3n) is 2.25. The molecule has 0 aliphatic heterocycles. The maximum atomic E-state index is 9.66. The number of rotatable bonds is 5. The second kappa shape index (κ2) is 8.82. The van der Waals surface area contributed by atoms with Crippen LogP contribution < -0.4 is 19.3 Å². The minimum Gasteiger partial charge on any atom is -0.550 e. The van der Waals surface area contributed by atoms with Gasteiger partial charge in [0.05, 0.1) is 27.4 Å². The van der Waals surface area contributed by atoms with Crippen LogP contribution in [0.4, 0.5) is 0 Å². The lowest BCUT2D eigenvalue weighted by Gasteiger charge is -2.15. The Bertz CT molecular complexity index is 426. The first-order chi connectivity index (χ1) is 9.40. The molecule has 0 heterocycles. The van der Waals surface area contributed by atoms with Gasteiger partial charge in [-0.2, -0.15) is 0 Å². The van der Waals surface area contributed by atoms with Crippen LogP contribution in [0.15, 0.2) is 24.8 Å². The van der Waals surface area contributed by atoms with Crippen LogP contribution >= 0.6 is 0 Å². The van der Waals surface area contributed by atoms with Crippen LogP contribution in [-0.4, -0.2) is 32.4 Å². The molecule has 0 aliphatic rings. The van der Waals surface area contributed by atoms with Crippen molar-refractivity contribution in [3.8, 4) is 17.2 Å². The van der Waals surface area contributed by atoms with Gasteiger partial charge in [-0.15, -0.1) is 6.58 Å². The highest BCUT2D eigenvalue weighted by Crippen LogP contribution is 2.39. The number of hydrogen-bond donors (Lipinski definition) is 1. The minimum atomic E-state index is -1.08. The highest BCUT2D eigenvalue weighted by molar-refractivity contribution is 5.60. The fourth-order valence-electron chi connectivity index (χ4n) is 1.41. The number of hydrogen-bond acceptors (Lipinski definition) is 6. The maximum absolute atomic E-state index is 9.66. The van der Waals surface area contributed by atoms with E-state index < -0.39 is 12.1 Å². The number of ether oxygens (including phenoxy) is 3. The van der Waals surface area contributed by atoms with Crippen molar-refractivity contribution in [3.63, 3.8) is 0 Å². The number of benzene rings is 1. The number of aliphatic hydroxyl groups is 1. The molecule has 1 unspecified atom stereocenters. The van der Waals surface area contributed by atoms with Crippen molar-refractivity contribution in [1.29, 1.82) is 0 Å². The number of aliphatic carboxylic acids is 1. The van der Waals surface area contributed by atoms with Gasteiger partial charge in [-0.1, -0.05) is 6.08 Å². The summed E-state index contributed by atoms with van der Waals surface area (Å²) in [4.78, 5) is 8.89. The molecule has 0 amide bonds. The molecule has 1 atom stereocenters. The molecule has 0 spiro atoms. The van der Waals surface area contributed by atoms with E-state index in [0.717, 1.165) is 6.92 Å². The number of methoxy groups -OCH3 is 3. The van der Waals surface area contributed by atoms with Crippen LogP contribution in [0.3, 0.4) is 0 Å². The number of carboxylic acid groups (broad SMARTS) is 1. The van der Waals surface area contributed by atoms with Crippen LogP contribution in [0.2, 0.25) is 0 Å². The predicted octanol–water partition coefficient (Wildman–Crippen LogP) is 0.688. The Kier molecular flexibility index (Phi) is 7.84. The molecule has 0 saturated heterocycles. The van der Waals surface area contributed by atoms with Crippen molar-refractivity contribution in [3.05, 3.63) is 30.4 Å². The van der Waals surface area contributed by atoms with Crippen LogP contribution in [-0.2, 0) is 4.79 Å². The van der Waals surface area contributed by atoms with Crippen LogP contribution in [0, 0.1) is 0 Å². The lowest BCUT2D eigenvalue weighted by atomic mass is 10.1. The van der Waals surface area contributed by atoms with Gasteiger partial charge in [0, 0.05) is 5.97 Å². The highest BCUT2D eigenvalue weighted by atomic mass is 16.5. The molecular formula is C14H19O6-. The van der Waals surface area contributed by atoms with E-state index in [9.17, 15) is 5.11 Å². The standard InChI is InChI=1S/C12H16O4.C2H4O2/c1-5-9(13)8-6-10(14-2)12(16-4)11(7-8)15-3;1-2(3)4/h5-7,9,13H,1H2,2-4H3;1H3,(H,3,4)/p-1. The number of carbonyl (C=O) groups is 1. The molecule has 0 fully saturated rings. The van der Waals surface area contributed by atoms with Gasteiger partial charge in [0.25, 0.3) is 0 Å². The van der Waals surface area contributed by atoms with E-state index >= 15 is 0 Å². The monoisotopic (exact) mass is 283 g/mol. The summed E-state index contributed by atoms with van der Waals surface area (Å²) in [5, 5.41) is 18.6. The smallest absolute Gasteiger partial charge is 0.203 e. The van der Waals surface area contributed by atoms with Gasteiger partial charge in [-0.25, -0.2) is 0 Å². The fraction of sp³-hybridized carbons (Fsp3) is 0.357. The Balaban J connectivity index is 0.000000796. The van der Waals surface area contributed by atoms with E-state index in [1.807, 2.05) is 0 Å². The predicted molar refractivity (Wildman–Crippen MR) is 71.9 cm³/mol. The molecular weight excluding hydrogens is 264 g/mol. The normalized spacial score (nSPS) is 10.7. The third kappa shape index (κ3) is 5.19. The average Bonchev–Trinajstić information content (AvgIpc) is 2.43. The Labute approximate surface area is 118 Å². The first kappa shape index (κ1) is 17.8. The van der Waals surface area contributed by atoms with Gasteiger partial charge in [0.1, 0.15) is 0 Å². The van der Waals surface area contributed by atoms with Crippen molar-refractivity contribution in [1.82, 2.24) is 0 Å². The second-order valence-electron chi connectivity index (χ2n) is 3.63. The van der Waals surface area contributed by atoms with E-state index in [-0.39, 0.29) is 0 Å². The molecule has 1 rings (SSSR count). The van der Waals surface area contributed by atoms with Gasteiger partial charge in [0.2, 0.25) is 5.75 Å². The molecule has 0 bridgehead atoms. The molecule has 6 nitrogen and oxygen atoms in total. The zero-order chi connectivity index (χ0) is 15.7. The summed E-state index contributed by atoms with van der Waals surface area (Å²) in [5.41, 5.74) is 0.643. The molecule has 0 aromatic heterocycles. The SMILES string of the molecule is C=CC(O)c1cc(OC)c(OC)c(OC)c1.CC(=O)[O-]. The summed E-state index contributed by atoms with van der Waals surface area (Å²) in [7, 11) is 4.59. The molecule has 112 valence electrons. The minimum absolute atomic E-state index is 0.505. The number of carbonyl (C=O) groups excluding carboxylic acids is 1. The zero-order valence-corrected chi connectivity index (χ0v) is 12.0. The van der Waals surface area contributed by atoms with Crippen LogP contribution in [0.25, 0.3) is 0 Å². The summed E-state index contributed by atoms with van der Waals surface area (Å²) in [6.45, 7) is 4.50. The molecule has 6 heteroatoms. The highest BCUT2D eigenvalue weighted by Gasteiger charge is 2.15. The van der Waals surface area contributed by atoms with E-state index in [1.54, 1.807) is 12.1 Å².